The summed E-state index contributed by atoms with van der Waals surface area (Å²) < 4.78 is 10.6. The van der Waals surface area contributed by atoms with Gasteiger partial charge in [0.15, 0.2) is 0 Å². The zero-order chi connectivity index (χ0) is 18.8. The van der Waals surface area contributed by atoms with E-state index >= 15 is 0 Å². The van der Waals surface area contributed by atoms with E-state index in [0.29, 0.717) is 38.5 Å². The lowest BCUT2D eigenvalue weighted by Crippen LogP contribution is -2.21. The Kier molecular flexibility index (Phi) is 5.20. The molecule has 3 rings (SSSR count). The molecule has 1 aliphatic rings. The van der Waals surface area contributed by atoms with Gasteiger partial charge in [0.2, 0.25) is 0 Å². The van der Waals surface area contributed by atoms with E-state index in [9.17, 15) is 4.79 Å². The first-order valence-electron chi connectivity index (χ1n) is 7.73. The molecule has 1 amide bonds. The van der Waals surface area contributed by atoms with E-state index in [4.69, 9.17) is 32.7 Å². The van der Waals surface area contributed by atoms with Crippen molar-refractivity contribution in [2.24, 2.45) is 5.10 Å². The van der Waals surface area contributed by atoms with Crippen LogP contribution in [0.3, 0.4) is 0 Å². The number of amides is 1. The Hall–Kier alpha value is -2.50. The van der Waals surface area contributed by atoms with Gasteiger partial charge in [-0.2, -0.15) is 10.1 Å². The van der Waals surface area contributed by atoms with Crippen LogP contribution >= 0.6 is 23.2 Å². The van der Waals surface area contributed by atoms with Crippen molar-refractivity contribution in [3.8, 4) is 11.5 Å². The fourth-order valence-electron chi connectivity index (χ4n) is 2.58. The summed E-state index contributed by atoms with van der Waals surface area (Å²) >= 11 is 12.0. The Balaban J connectivity index is 2.00. The summed E-state index contributed by atoms with van der Waals surface area (Å²) in [5, 5.41) is 6.42. The van der Waals surface area contributed by atoms with Crippen molar-refractivity contribution in [1.82, 2.24) is 0 Å². The lowest BCUT2D eigenvalue weighted by molar-refractivity contribution is -0.114. The van der Waals surface area contributed by atoms with Gasteiger partial charge in [0.1, 0.15) is 11.5 Å². The van der Waals surface area contributed by atoms with Crippen molar-refractivity contribution in [2.45, 2.75) is 6.92 Å². The molecule has 0 atom stereocenters. The van der Waals surface area contributed by atoms with Crippen molar-refractivity contribution >= 4 is 46.6 Å². The molecule has 0 fully saturated rings. The highest BCUT2D eigenvalue weighted by atomic mass is 35.5. The Morgan fingerprint density at radius 1 is 1.04 bits per heavy atom. The zero-order valence-electron chi connectivity index (χ0n) is 14.4. The quantitative estimate of drug-likeness (QED) is 0.703. The number of hydrazone groups is 1. The summed E-state index contributed by atoms with van der Waals surface area (Å²) in [5.41, 5.74) is 2.32. The van der Waals surface area contributed by atoms with Gasteiger partial charge in [-0.15, -0.1) is 0 Å². The molecule has 0 unspecified atom stereocenters. The van der Waals surface area contributed by atoms with Gasteiger partial charge in [0.05, 0.1) is 41.2 Å². The lowest BCUT2D eigenvalue weighted by atomic mass is 10.1. The molecule has 0 bridgehead atoms. The minimum atomic E-state index is -0.259. The van der Waals surface area contributed by atoms with Crippen molar-refractivity contribution in [3.63, 3.8) is 0 Å². The summed E-state index contributed by atoms with van der Waals surface area (Å²) in [6, 6.07) is 10.3. The van der Waals surface area contributed by atoms with Gasteiger partial charge in [-0.05, 0) is 49.4 Å². The number of benzene rings is 2. The van der Waals surface area contributed by atoms with E-state index in [-0.39, 0.29) is 5.91 Å². The van der Waals surface area contributed by atoms with Gasteiger partial charge in [-0.25, -0.2) is 0 Å². The molecule has 26 heavy (non-hydrogen) atoms. The van der Waals surface area contributed by atoms with Crippen LogP contribution in [0.4, 0.5) is 5.69 Å². The average molecular weight is 391 g/mol. The van der Waals surface area contributed by atoms with Crippen LogP contribution in [0.25, 0.3) is 6.08 Å². The topological polar surface area (TPSA) is 51.1 Å². The lowest BCUT2D eigenvalue weighted by Gasteiger charge is -2.12. The van der Waals surface area contributed by atoms with Gasteiger partial charge in [-0.3, -0.25) is 4.79 Å². The number of ether oxygens (including phenoxy) is 2. The third-order valence-corrected chi connectivity index (χ3v) is 4.69. The SMILES string of the molecule is COc1ccc(OC)c(/C=C2\C(=O)N(c3ccc(Cl)c(Cl)c3)N=C2C)c1. The smallest absolute Gasteiger partial charge is 0.280 e. The molecule has 7 heteroatoms. The number of halogens is 2. The second-order valence-corrected chi connectivity index (χ2v) is 6.38. The third kappa shape index (κ3) is 3.41. The molecular formula is C19H16Cl2N2O3. The molecule has 0 aromatic heterocycles. The van der Waals surface area contributed by atoms with Crippen LogP contribution < -0.4 is 14.5 Å². The number of hydrogen-bond acceptors (Lipinski definition) is 4. The maximum atomic E-state index is 12.9. The van der Waals surface area contributed by atoms with E-state index in [0.717, 1.165) is 5.56 Å². The van der Waals surface area contributed by atoms with Crippen molar-refractivity contribution in [2.75, 3.05) is 19.2 Å². The first-order chi connectivity index (χ1) is 12.4. The summed E-state index contributed by atoms with van der Waals surface area (Å²) in [4.78, 5) is 12.9. The van der Waals surface area contributed by atoms with Gasteiger partial charge in [0, 0.05) is 5.56 Å². The molecule has 1 aliphatic heterocycles. The van der Waals surface area contributed by atoms with Crippen LogP contribution in [0.5, 0.6) is 11.5 Å². The molecule has 0 saturated heterocycles. The van der Waals surface area contributed by atoms with Gasteiger partial charge in [-0.1, -0.05) is 23.2 Å². The number of carbonyl (C=O) groups is 1. The van der Waals surface area contributed by atoms with Crippen LogP contribution in [0.1, 0.15) is 12.5 Å². The predicted molar refractivity (Wildman–Crippen MR) is 105 cm³/mol. The average Bonchev–Trinajstić information content (AvgIpc) is 2.92. The Morgan fingerprint density at radius 2 is 1.81 bits per heavy atom. The first kappa shape index (κ1) is 18.3. The number of hydrogen-bond donors (Lipinski definition) is 0. The summed E-state index contributed by atoms with van der Waals surface area (Å²) in [6.07, 6.45) is 1.74. The molecular weight excluding hydrogens is 375 g/mol. The number of anilines is 1. The Labute approximate surface area is 161 Å². The van der Waals surface area contributed by atoms with E-state index in [2.05, 4.69) is 5.10 Å². The van der Waals surface area contributed by atoms with Crippen LogP contribution in [-0.4, -0.2) is 25.8 Å². The van der Waals surface area contributed by atoms with Crippen LogP contribution in [0, 0.1) is 0 Å². The van der Waals surface area contributed by atoms with E-state index in [1.807, 2.05) is 0 Å². The second kappa shape index (κ2) is 7.40. The maximum Gasteiger partial charge on any atom is 0.280 e. The first-order valence-corrected chi connectivity index (χ1v) is 8.49. The molecule has 0 N–H and O–H groups in total. The summed E-state index contributed by atoms with van der Waals surface area (Å²) in [7, 11) is 3.15. The summed E-state index contributed by atoms with van der Waals surface area (Å²) in [5.74, 6) is 1.04. The van der Waals surface area contributed by atoms with Crippen LogP contribution in [0.15, 0.2) is 47.1 Å². The highest BCUT2D eigenvalue weighted by Crippen LogP contribution is 2.32. The van der Waals surface area contributed by atoms with Gasteiger partial charge < -0.3 is 9.47 Å². The minimum Gasteiger partial charge on any atom is -0.497 e. The zero-order valence-corrected chi connectivity index (χ0v) is 15.9. The predicted octanol–water partition coefficient (Wildman–Crippen LogP) is 4.82. The number of nitrogens with zero attached hydrogens (tertiary/aromatic N) is 2. The van der Waals surface area contributed by atoms with Crippen molar-refractivity contribution in [3.05, 3.63) is 57.6 Å². The van der Waals surface area contributed by atoms with Crippen molar-refractivity contribution in [1.29, 1.82) is 0 Å². The minimum absolute atomic E-state index is 0.259. The molecule has 0 spiro atoms. The van der Waals surface area contributed by atoms with Crippen LogP contribution in [0.2, 0.25) is 10.0 Å². The van der Waals surface area contributed by atoms with E-state index < -0.39 is 0 Å². The molecule has 1 heterocycles. The van der Waals surface area contributed by atoms with Gasteiger partial charge >= 0.3 is 0 Å². The molecule has 5 nitrogen and oxygen atoms in total. The Morgan fingerprint density at radius 3 is 2.46 bits per heavy atom. The number of rotatable bonds is 4. The van der Waals surface area contributed by atoms with Crippen LogP contribution in [-0.2, 0) is 4.79 Å². The van der Waals surface area contributed by atoms with Gasteiger partial charge in [0.25, 0.3) is 5.91 Å². The standard InChI is InChI=1S/C19H16Cl2N2O3/c1-11-15(9-12-8-14(25-2)5-7-18(12)26-3)19(24)23(22-11)13-4-6-16(20)17(21)10-13/h4-10H,1-3H3/b15-9-. The largest absolute Gasteiger partial charge is 0.497 e. The highest BCUT2D eigenvalue weighted by Gasteiger charge is 2.29. The fraction of sp³-hybridized carbons (Fsp3) is 0.158. The van der Waals surface area contributed by atoms with E-state index in [1.165, 1.54) is 5.01 Å². The Bertz CT molecular complexity index is 938. The molecule has 0 aliphatic carbocycles. The molecule has 134 valence electrons. The van der Waals surface area contributed by atoms with E-state index in [1.54, 1.807) is 63.6 Å². The number of carbonyl (C=O) groups excluding carboxylic acids is 1. The summed E-state index contributed by atoms with van der Waals surface area (Å²) in [6.45, 7) is 1.77. The molecule has 2 aromatic carbocycles. The second-order valence-electron chi connectivity index (χ2n) is 5.57. The monoisotopic (exact) mass is 390 g/mol. The molecule has 0 saturated carbocycles. The highest BCUT2D eigenvalue weighted by molar-refractivity contribution is 6.42. The number of methoxy groups -OCH3 is 2. The van der Waals surface area contributed by atoms with Crippen molar-refractivity contribution < 1.29 is 14.3 Å². The molecule has 2 aromatic rings. The fourth-order valence-corrected chi connectivity index (χ4v) is 2.88. The normalized spacial score (nSPS) is 15.4. The third-order valence-electron chi connectivity index (χ3n) is 3.95. The maximum absolute atomic E-state index is 12.9. The molecule has 0 radical (unpaired) electrons.